The van der Waals surface area contributed by atoms with Crippen LogP contribution in [0.25, 0.3) is 0 Å². The highest BCUT2D eigenvalue weighted by atomic mass is 19.2. The number of ether oxygens (including phenoxy) is 1. The molecule has 4 nitrogen and oxygen atoms in total. The number of nitrogens with one attached hydrogen (secondary N) is 1. The third-order valence-electron chi connectivity index (χ3n) is 3.46. The molecule has 0 heterocycles. The van der Waals surface area contributed by atoms with Gasteiger partial charge in [0.25, 0.3) is 5.91 Å². The Labute approximate surface area is 146 Å². The first-order valence-electron chi connectivity index (χ1n) is 7.76. The molecule has 2 aromatic carbocycles. The molecule has 1 N–H and O–H groups in total. The van der Waals surface area contributed by atoms with E-state index in [-0.39, 0.29) is 23.9 Å². The van der Waals surface area contributed by atoms with Gasteiger partial charge in [-0.15, -0.1) is 0 Å². The topological polar surface area (TPSA) is 55.4 Å². The van der Waals surface area contributed by atoms with E-state index >= 15 is 0 Å². The third-order valence-corrected chi connectivity index (χ3v) is 3.46. The molecule has 0 atom stereocenters. The zero-order chi connectivity index (χ0) is 19.3. The monoisotopic (exact) mass is 369 g/mol. The van der Waals surface area contributed by atoms with E-state index in [1.165, 1.54) is 24.3 Å². The molecule has 0 aliphatic carbocycles. The first kappa shape index (κ1) is 19.4. The predicted molar refractivity (Wildman–Crippen MR) is 85.9 cm³/mol. The molecule has 1 amide bonds. The second-order valence-electron chi connectivity index (χ2n) is 5.37. The summed E-state index contributed by atoms with van der Waals surface area (Å²) in [5, 5.41) is 2.20. The largest absolute Gasteiger partial charge is 0.462 e. The van der Waals surface area contributed by atoms with Crippen molar-refractivity contribution in [2.24, 2.45) is 0 Å². The van der Waals surface area contributed by atoms with Gasteiger partial charge in [-0.3, -0.25) is 4.79 Å². The van der Waals surface area contributed by atoms with E-state index in [9.17, 15) is 27.2 Å². The molecular formula is C18H15F4NO3. The van der Waals surface area contributed by atoms with Gasteiger partial charge in [-0.1, -0.05) is 13.3 Å². The minimum Gasteiger partial charge on any atom is -0.462 e. The summed E-state index contributed by atoms with van der Waals surface area (Å²) in [7, 11) is 0. The van der Waals surface area contributed by atoms with Gasteiger partial charge in [0.2, 0.25) is 0 Å². The van der Waals surface area contributed by atoms with Crippen LogP contribution in [0.1, 0.15) is 40.5 Å². The number of unbranched alkanes of at least 4 members (excludes halogenated alkanes) is 1. The molecule has 0 aromatic heterocycles. The van der Waals surface area contributed by atoms with Crippen LogP contribution in [0.4, 0.5) is 23.2 Å². The lowest BCUT2D eigenvalue weighted by Crippen LogP contribution is -2.16. The second-order valence-corrected chi connectivity index (χ2v) is 5.37. The van der Waals surface area contributed by atoms with Crippen LogP contribution in [0.2, 0.25) is 0 Å². The summed E-state index contributed by atoms with van der Waals surface area (Å²) in [5.74, 6) is -9.24. The summed E-state index contributed by atoms with van der Waals surface area (Å²) < 4.78 is 57.9. The van der Waals surface area contributed by atoms with Crippen molar-refractivity contribution in [1.29, 1.82) is 0 Å². The van der Waals surface area contributed by atoms with Gasteiger partial charge in [0.15, 0.2) is 23.3 Å². The van der Waals surface area contributed by atoms with Gasteiger partial charge in [-0.25, -0.2) is 22.4 Å². The number of rotatable bonds is 6. The fourth-order valence-electron chi connectivity index (χ4n) is 2.02. The van der Waals surface area contributed by atoms with Crippen LogP contribution in [-0.4, -0.2) is 18.5 Å². The van der Waals surface area contributed by atoms with E-state index in [1.807, 2.05) is 6.92 Å². The number of carbonyl (C=O) groups is 2. The number of hydrogen-bond donors (Lipinski definition) is 1. The quantitative estimate of drug-likeness (QED) is 0.269. The molecule has 0 aliphatic heterocycles. The molecule has 0 unspecified atom stereocenters. The van der Waals surface area contributed by atoms with E-state index in [4.69, 9.17) is 4.74 Å². The van der Waals surface area contributed by atoms with Crippen LogP contribution in [0.5, 0.6) is 0 Å². The number of hydrogen-bond acceptors (Lipinski definition) is 3. The van der Waals surface area contributed by atoms with Gasteiger partial charge in [-0.05, 0) is 36.8 Å². The Bertz CT molecular complexity index is 822. The van der Waals surface area contributed by atoms with Crippen LogP contribution in [0, 0.1) is 23.3 Å². The van der Waals surface area contributed by atoms with E-state index in [1.54, 1.807) is 0 Å². The molecule has 0 spiro atoms. The first-order chi connectivity index (χ1) is 12.3. The second kappa shape index (κ2) is 8.46. The molecule has 8 heteroatoms. The summed E-state index contributed by atoms with van der Waals surface area (Å²) in [6.07, 6.45) is 1.61. The minimum atomic E-state index is -2.07. The van der Waals surface area contributed by atoms with Crippen LogP contribution in [0.3, 0.4) is 0 Å². The van der Waals surface area contributed by atoms with Crippen LogP contribution >= 0.6 is 0 Å². The average molecular weight is 369 g/mol. The summed E-state index contributed by atoms with van der Waals surface area (Å²) in [6, 6.07) is 5.67. The van der Waals surface area contributed by atoms with Crippen molar-refractivity contribution < 1.29 is 31.9 Å². The summed E-state index contributed by atoms with van der Waals surface area (Å²) in [4.78, 5) is 23.7. The number of carbonyl (C=O) groups excluding carboxylic acids is 2. The SMILES string of the molecule is CCCCOC(=O)c1ccc(NC(=O)c2cc(F)c(F)c(F)c2F)cc1. The Morgan fingerprint density at radius 3 is 2.27 bits per heavy atom. The lowest BCUT2D eigenvalue weighted by molar-refractivity contribution is 0.0499. The van der Waals surface area contributed by atoms with Crippen molar-refractivity contribution in [3.8, 4) is 0 Å². The zero-order valence-corrected chi connectivity index (χ0v) is 13.7. The van der Waals surface area contributed by atoms with Gasteiger partial charge < -0.3 is 10.1 Å². The highest BCUT2D eigenvalue weighted by molar-refractivity contribution is 6.04. The molecule has 138 valence electrons. The number of anilines is 1. The number of halogens is 4. The highest BCUT2D eigenvalue weighted by Gasteiger charge is 2.23. The molecule has 0 saturated carbocycles. The zero-order valence-electron chi connectivity index (χ0n) is 13.7. The van der Waals surface area contributed by atoms with Crippen molar-refractivity contribution in [3.63, 3.8) is 0 Å². The van der Waals surface area contributed by atoms with E-state index < -0.39 is 40.7 Å². The van der Waals surface area contributed by atoms with Crippen molar-refractivity contribution in [3.05, 3.63) is 64.7 Å². The van der Waals surface area contributed by atoms with E-state index in [2.05, 4.69) is 5.32 Å². The fourth-order valence-corrected chi connectivity index (χ4v) is 2.02. The Balaban J connectivity index is 2.10. The van der Waals surface area contributed by atoms with Crippen LogP contribution < -0.4 is 5.32 Å². The molecule has 0 radical (unpaired) electrons. The summed E-state index contributed by atoms with van der Waals surface area (Å²) in [5.41, 5.74) is -0.599. The van der Waals surface area contributed by atoms with E-state index in [0.29, 0.717) is 0 Å². The van der Waals surface area contributed by atoms with Gasteiger partial charge in [0.05, 0.1) is 17.7 Å². The van der Waals surface area contributed by atoms with Gasteiger partial charge >= 0.3 is 5.97 Å². The maximum Gasteiger partial charge on any atom is 0.338 e. The van der Waals surface area contributed by atoms with Crippen molar-refractivity contribution in [1.82, 2.24) is 0 Å². The lowest BCUT2D eigenvalue weighted by atomic mass is 10.1. The molecule has 0 saturated heterocycles. The average Bonchev–Trinajstić information content (AvgIpc) is 2.63. The summed E-state index contributed by atoms with van der Waals surface area (Å²) in [6.45, 7) is 2.24. The summed E-state index contributed by atoms with van der Waals surface area (Å²) >= 11 is 0. The molecule has 26 heavy (non-hydrogen) atoms. The Kier molecular flexibility index (Phi) is 6.32. The molecule has 2 rings (SSSR count). The Morgan fingerprint density at radius 1 is 1.00 bits per heavy atom. The number of benzene rings is 2. The molecule has 2 aromatic rings. The predicted octanol–water partition coefficient (Wildman–Crippen LogP) is 4.45. The maximum atomic E-state index is 13.6. The van der Waals surface area contributed by atoms with Gasteiger partial charge in [0, 0.05) is 5.69 Å². The Hall–Kier alpha value is -2.90. The molecule has 0 aliphatic rings. The van der Waals surface area contributed by atoms with Gasteiger partial charge in [-0.2, -0.15) is 0 Å². The fraction of sp³-hybridized carbons (Fsp3) is 0.222. The maximum absolute atomic E-state index is 13.6. The van der Waals surface area contributed by atoms with Gasteiger partial charge in [0.1, 0.15) is 0 Å². The van der Waals surface area contributed by atoms with Crippen LogP contribution in [-0.2, 0) is 4.74 Å². The Morgan fingerprint density at radius 2 is 1.65 bits per heavy atom. The molecular weight excluding hydrogens is 354 g/mol. The molecule has 0 bridgehead atoms. The van der Waals surface area contributed by atoms with Crippen LogP contribution in [0.15, 0.2) is 30.3 Å². The highest BCUT2D eigenvalue weighted by Crippen LogP contribution is 2.20. The third kappa shape index (κ3) is 4.38. The van der Waals surface area contributed by atoms with Crippen molar-refractivity contribution in [2.45, 2.75) is 19.8 Å². The lowest BCUT2D eigenvalue weighted by Gasteiger charge is -2.08. The number of amides is 1. The van der Waals surface area contributed by atoms with Crippen molar-refractivity contribution in [2.75, 3.05) is 11.9 Å². The smallest absolute Gasteiger partial charge is 0.338 e. The molecule has 0 fully saturated rings. The first-order valence-corrected chi connectivity index (χ1v) is 7.76. The van der Waals surface area contributed by atoms with Crippen molar-refractivity contribution >= 4 is 17.6 Å². The minimum absolute atomic E-state index is 0.143. The van der Waals surface area contributed by atoms with E-state index in [0.717, 1.165) is 12.8 Å². The number of esters is 1. The normalized spacial score (nSPS) is 10.5. The standard InChI is InChI=1S/C18H15F4NO3/c1-2-3-8-26-18(25)10-4-6-11(7-5-10)23-17(24)12-9-13(19)15(21)16(22)14(12)20/h4-7,9H,2-3,8H2,1H3,(H,23,24).